The number of hydrogen-bond acceptors (Lipinski definition) is 4. The van der Waals surface area contributed by atoms with E-state index >= 15 is 0 Å². The van der Waals surface area contributed by atoms with Crippen molar-refractivity contribution in [2.75, 3.05) is 19.7 Å². The Labute approximate surface area is 146 Å². The summed E-state index contributed by atoms with van der Waals surface area (Å²) in [4.78, 5) is 14.6. The molecule has 1 aliphatic heterocycles. The van der Waals surface area contributed by atoms with Gasteiger partial charge in [0.05, 0.1) is 6.10 Å². The minimum Gasteiger partial charge on any atom is -0.484 e. The van der Waals surface area contributed by atoms with E-state index in [0.717, 1.165) is 45.2 Å². The van der Waals surface area contributed by atoms with Crippen LogP contribution in [0.15, 0.2) is 24.3 Å². The molecule has 5 nitrogen and oxygen atoms in total. The van der Waals surface area contributed by atoms with E-state index in [1.807, 2.05) is 0 Å². The van der Waals surface area contributed by atoms with Crippen LogP contribution < -0.4 is 10.1 Å². The Hall–Kier alpha value is -1.30. The highest BCUT2D eigenvalue weighted by Crippen LogP contribution is 2.63. The van der Waals surface area contributed by atoms with E-state index in [1.165, 1.54) is 0 Å². The molecule has 6 heteroatoms. The zero-order chi connectivity index (χ0) is 16.8. The summed E-state index contributed by atoms with van der Waals surface area (Å²) in [6.45, 7) is 1.99. The van der Waals surface area contributed by atoms with E-state index in [1.54, 1.807) is 24.3 Å². The highest BCUT2D eigenvalue weighted by molar-refractivity contribution is 6.30. The molecule has 4 fully saturated rings. The number of hydrogen-bond donors (Lipinski definition) is 2. The van der Waals surface area contributed by atoms with Gasteiger partial charge in [-0.05, 0) is 56.4 Å². The van der Waals surface area contributed by atoms with Crippen LogP contribution in [0, 0.1) is 0 Å². The molecule has 0 aromatic heterocycles. The van der Waals surface area contributed by atoms with Crippen LogP contribution in [-0.4, -0.2) is 52.8 Å². The molecule has 2 bridgehead atoms. The van der Waals surface area contributed by atoms with Gasteiger partial charge in [-0.25, -0.2) is 0 Å². The predicted molar refractivity (Wildman–Crippen MR) is 91.2 cm³/mol. The van der Waals surface area contributed by atoms with Crippen LogP contribution in [0.5, 0.6) is 5.75 Å². The van der Waals surface area contributed by atoms with Gasteiger partial charge in [-0.3, -0.25) is 9.69 Å². The van der Waals surface area contributed by atoms with Gasteiger partial charge in [-0.15, -0.1) is 0 Å². The van der Waals surface area contributed by atoms with E-state index in [2.05, 4.69) is 10.2 Å². The van der Waals surface area contributed by atoms with E-state index < -0.39 is 0 Å². The molecule has 5 rings (SSSR count). The zero-order valence-corrected chi connectivity index (χ0v) is 14.4. The summed E-state index contributed by atoms with van der Waals surface area (Å²) in [6, 6.07) is 7.01. The monoisotopic (exact) mass is 350 g/mol. The van der Waals surface area contributed by atoms with E-state index in [9.17, 15) is 9.90 Å². The van der Waals surface area contributed by atoms with Gasteiger partial charge in [-0.1, -0.05) is 11.6 Å². The summed E-state index contributed by atoms with van der Waals surface area (Å²) in [7, 11) is 0. The number of rotatable bonds is 5. The number of nitrogens with zero attached hydrogens (tertiary/aromatic N) is 1. The Balaban J connectivity index is 1.22. The lowest BCUT2D eigenvalue weighted by atomic mass is 9.43. The lowest BCUT2D eigenvalue weighted by molar-refractivity contribution is -0.191. The van der Waals surface area contributed by atoms with Crippen LogP contribution in [0.3, 0.4) is 0 Å². The summed E-state index contributed by atoms with van der Waals surface area (Å²) >= 11 is 5.83. The molecule has 130 valence electrons. The summed E-state index contributed by atoms with van der Waals surface area (Å²) in [5.41, 5.74) is 0.265. The molecular formula is C18H23ClN2O3. The molecule has 1 amide bonds. The number of amides is 1. The highest BCUT2D eigenvalue weighted by Gasteiger charge is 2.70. The van der Waals surface area contributed by atoms with Gasteiger partial charge < -0.3 is 15.2 Å². The third kappa shape index (κ3) is 2.89. The maximum atomic E-state index is 12.1. The Bertz CT molecular complexity index is 606. The molecule has 0 atom stereocenters. The summed E-state index contributed by atoms with van der Waals surface area (Å²) in [5.74, 6) is 0.586. The van der Waals surface area contributed by atoms with Crippen molar-refractivity contribution in [1.82, 2.24) is 10.2 Å². The molecular weight excluding hydrogens is 328 g/mol. The lowest BCUT2D eigenvalue weighted by Gasteiger charge is -2.74. The Morgan fingerprint density at radius 1 is 1.25 bits per heavy atom. The first kappa shape index (κ1) is 16.2. The normalized spacial score (nSPS) is 32.6. The van der Waals surface area contributed by atoms with Crippen molar-refractivity contribution in [2.45, 2.75) is 49.3 Å². The van der Waals surface area contributed by atoms with Crippen LogP contribution in [-0.2, 0) is 4.79 Å². The molecule has 3 saturated carbocycles. The van der Waals surface area contributed by atoms with Crippen LogP contribution in [0.2, 0.25) is 5.02 Å². The number of piperidine rings is 1. The van der Waals surface area contributed by atoms with Gasteiger partial charge >= 0.3 is 0 Å². The van der Waals surface area contributed by atoms with Crippen molar-refractivity contribution in [3.63, 3.8) is 0 Å². The molecule has 1 aromatic rings. The fourth-order valence-electron chi connectivity index (χ4n) is 4.55. The third-order valence-electron chi connectivity index (χ3n) is 5.73. The van der Waals surface area contributed by atoms with Crippen molar-refractivity contribution >= 4 is 17.5 Å². The standard InChI is InChI=1S/C18H23ClN2O3/c19-13-1-3-15(4-2-13)24-9-16(23)20-17-10-18(11-17,12-17)21-7-5-14(22)6-8-21/h1-4,14,22H,5-12H2,(H,20,23). The van der Waals surface area contributed by atoms with Crippen molar-refractivity contribution < 1.29 is 14.6 Å². The summed E-state index contributed by atoms with van der Waals surface area (Å²) in [6.07, 6.45) is 4.70. The van der Waals surface area contributed by atoms with Crippen LogP contribution in [0.1, 0.15) is 32.1 Å². The molecule has 0 unspecified atom stereocenters. The number of nitrogens with one attached hydrogen (secondary N) is 1. The van der Waals surface area contributed by atoms with Gasteiger partial charge in [0, 0.05) is 29.2 Å². The van der Waals surface area contributed by atoms with Crippen molar-refractivity contribution in [3.8, 4) is 5.75 Å². The van der Waals surface area contributed by atoms with E-state index in [0.29, 0.717) is 10.8 Å². The Kier molecular flexibility index (Phi) is 3.98. The quantitative estimate of drug-likeness (QED) is 0.852. The molecule has 1 heterocycles. The van der Waals surface area contributed by atoms with Crippen LogP contribution >= 0.6 is 11.6 Å². The summed E-state index contributed by atoms with van der Waals surface area (Å²) in [5, 5.41) is 13.4. The maximum Gasteiger partial charge on any atom is 0.258 e. The topological polar surface area (TPSA) is 61.8 Å². The van der Waals surface area contributed by atoms with Gasteiger partial charge in [0.15, 0.2) is 6.61 Å². The second-order valence-electron chi connectivity index (χ2n) is 7.54. The molecule has 0 radical (unpaired) electrons. The minimum atomic E-state index is -0.132. The smallest absolute Gasteiger partial charge is 0.258 e. The minimum absolute atomic E-state index is 0.0174. The molecule has 1 aromatic carbocycles. The van der Waals surface area contributed by atoms with Crippen molar-refractivity contribution in [3.05, 3.63) is 29.3 Å². The Morgan fingerprint density at radius 3 is 2.50 bits per heavy atom. The second kappa shape index (κ2) is 5.90. The molecule has 24 heavy (non-hydrogen) atoms. The fourth-order valence-corrected chi connectivity index (χ4v) is 4.68. The van der Waals surface area contributed by atoms with Crippen LogP contribution in [0.4, 0.5) is 0 Å². The third-order valence-corrected chi connectivity index (χ3v) is 5.98. The van der Waals surface area contributed by atoms with E-state index in [-0.39, 0.29) is 29.7 Å². The lowest BCUT2D eigenvalue weighted by Crippen LogP contribution is -2.84. The van der Waals surface area contributed by atoms with Gasteiger partial charge in [0.1, 0.15) is 5.75 Å². The zero-order valence-electron chi connectivity index (χ0n) is 13.6. The summed E-state index contributed by atoms with van der Waals surface area (Å²) < 4.78 is 5.50. The second-order valence-corrected chi connectivity index (χ2v) is 7.98. The maximum absolute atomic E-state index is 12.1. The number of aliphatic hydroxyl groups excluding tert-OH is 1. The van der Waals surface area contributed by atoms with Gasteiger partial charge in [-0.2, -0.15) is 0 Å². The number of ether oxygens (including phenoxy) is 1. The number of aliphatic hydroxyl groups is 1. The SMILES string of the molecule is O=C(COc1ccc(Cl)cc1)NC12CC(N3CCC(O)CC3)(C1)C2. The first-order valence-electron chi connectivity index (χ1n) is 8.61. The average Bonchev–Trinajstić information content (AvgIpc) is 2.50. The highest BCUT2D eigenvalue weighted by atomic mass is 35.5. The molecule has 2 N–H and O–H groups in total. The van der Waals surface area contributed by atoms with Crippen LogP contribution in [0.25, 0.3) is 0 Å². The van der Waals surface area contributed by atoms with E-state index in [4.69, 9.17) is 16.3 Å². The number of benzene rings is 1. The van der Waals surface area contributed by atoms with Crippen molar-refractivity contribution in [2.24, 2.45) is 0 Å². The van der Waals surface area contributed by atoms with Gasteiger partial charge in [0.2, 0.25) is 0 Å². The first-order valence-corrected chi connectivity index (χ1v) is 8.99. The molecule has 4 aliphatic rings. The first-order chi connectivity index (χ1) is 11.5. The Morgan fingerprint density at radius 2 is 1.88 bits per heavy atom. The molecule has 3 aliphatic carbocycles. The molecule has 1 saturated heterocycles. The fraction of sp³-hybridized carbons (Fsp3) is 0.611. The number of halogens is 1. The average molecular weight is 351 g/mol. The number of carbonyl (C=O) groups is 1. The number of likely N-dealkylation sites (tertiary alicyclic amines) is 1. The van der Waals surface area contributed by atoms with Gasteiger partial charge in [0.25, 0.3) is 5.91 Å². The predicted octanol–water partition coefficient (Wildman–Crippen LogP) is 1.97. The molecule has 0 spiro atoms. The largest absolute Gasteiger partial charge is 0.484 e. The number of carbonyl (C=O) groups excluding carboxylic acids is 1. The van der Waals surface area contributed by atoms with Crippen molar-refractivity contribution in [1.29, 1.82) is 0 Å².